The molecule has 3 aromatic rings. The number of nitrogen functional groups attached to an aromatic ring is 2. The maximum atomic E-state index is 6.05. The van der Waals surface area contributed by atoms with E-state index in [2.05, 4.69) is 21.2 Å². The molecule has 0 aliphatic heterocycles. The van der Waals surface area contributed by atoms with E-state index < -0.39 is 5.60 Å². The van der Waals surface area contributed by atoms with Crippen molar-refractivity contribution in [3.8, 4) is 5.75 Å². The molecule has 0 radical (unpaired) electrons. The van der Waals surface area contributed by atoms with Crippen LogP contribution in [0.4, 0.5) is 11.8 Å². The second kappa shape index (κ2) is 5.14. The molecule has 1 heterocycles. The Morgan fingerprint density at radius 2 is 1.68 bits per heavy atom. The summed E-state index contributed by atoms with van der Waals surface area (Å²) in [4.78, 5) is 3.93. The summed E-state index contributed by atoms with van der Waals surface area (Å²) in [6.07, 6.45) is 0. The molecule has 0 aliphatic rings. The van der Waals surface area contributed by atoms with Crippen LogP contribution in [0, 0.1) is 0 Å². The topological polar surface area (TPSA) is 99.9 Å². The summed E-state index contributed by atoms with van der Waals surface area (Å²) in [7, 11) is 0. The van der Waals surface area contributed by atoms with Gasteiger partial charge in [0.15, 0.2) is 11.4 Å². The Balaban J connectivity index is 1.95. The molecule has 0 saturated heterocycles. The average molecular weight is 295 g/mol. The Hall–Kier alpha value is -2.89. The standard InChI is InChI=1S/C16H17N5O/c1-16(2,13-14(17)19-15(18)21-20-13)22-12-8-7-10-5-3-4-6-11(10)9-12/h3-9H,1-2H3,(H4,17,18,19,21). The van der Waals surface area contributed by atoms with Gasteiger partial charge in [-0.05, 0) is 36.8 Å². The summed E-state index contributed by atoms with van der Waals surface area (Å²) in [5.74, 6) is 0.989. The van der Waals surface area contributed by atoms with Crippen molar-refractivity contribution in [1.82, 2.24) is 15.2 Å². The molecule has 4 N–H and O–H groups in total. The predicted octanol–water partition coefficient (Wildman–Crippen LogP) is 2.50. The molecule has 1 aromatic heterocycles. The largest absolute Gasteiger partial charge is 0.481 e. The third kappa shape index (κ3) is 2.63. The average Bonchev–Trinajstić information content (AvgIpc) is 2.46. The number of hydrogen-bond acceptors (Lipinski definition) is 6. The van der Waals surface area contributed by atoms with Gasteiger partial charge in [-0.15, -0.1) is 10.2 Å². The van der Waals surface area contributed by atoms with Crippen LogP contribution in [0.5, 0.6) is 5.75 Å². The maximum absolute atomic E-state index is 6.05. The third-order valence-electron chi connectivity index (χ3n) is 3.39. The smallest absolute Gasteiger partial charge is 0.242 e. The minimum Gasteiger partial charge on any atom is -0.481 e. The zero-order chi connectivity index (χ0) is 15.7. The van der Waals surface area contributed by atoms with E-state index in [1.165, 1.54) is 0 Å². The monoisotopic (exact) mass is 295 g/mol. The summed E-state index contributed by atoms with van der Waals surface area (Å²) in [5, 5.41) is 10.0. The van der Waals surface area contributed by atoms with Gasteiger partial charge < -0.3 is 16.2 Å². The fourth-order valence-corrected chi connectivity index (χ4v) is 2.35. The number of nitrogens with two attached hydrogens (primary N) is 2. The van der Waals surface area contributed by atoms with Crippen molar-refractivity contribution in [2.24, 2.45) is 0 Å². The summed E-state index contributed by atoms with van der Waals surface area (Å²) in [5.41, 5.74) is 11.0. The number of hydrogen-bond donors (Lipinski definition) is 2. The lowest BCUT2D eigenvalue weighted by Gasteiger charge is -2.26. The van der Waals surface area contributed by atoms with Crippen LogP contribution >= 0.6 is 0 Å². The quantitative estimate of drug-likeness (QED) is 0.770. The fraction of sp³-hybridized carbons (Fsp3) is 0.188. The first-order chi connectivity index (χ1) is 10.5. The Labute approximate surface area is 128 Å². The minimum absolute atomic E-state index is 0.0442. The Morgan fingerprint density at radius 1 is 0.955 bits per heavy atom. The molecule has 0 unspecified atom stereocenters. The molecular weight excluding hydrogens is 278 g/mol. The first-order valence-electron chi connectivity index (χ1n) is 6.90. The van der Waals surface area contributed by atoms with Crippen molar-refractivity contribution in [1.29, 1.82) is 0 Å². The van der Waals surface area contributed by atoms with Gasteiger partial charge in [0.05, 0.1) is 0 Å². The van der Waals surface area contributed by atoms with Gasteiger partial charge in [-0.25, -0.2) is 0 Å². The highest BCUT2D eigenvalue weighted by Gasteiger charge is 2.29. The van der Waals surface area contributed by atoms with Gasteiger partial charge in [0.25, 0.3) is 0 Å². The summed E-state index contributed by atoms with van der Waals surface area (Å²) >= 11 is 0. The highest BCUT2D eigenvalue weighted by Crippen LogP contribution is 2.30. The van der Waals surface area contributed by atoms with E-state index in [1.54, 1.807) is 0 Å². The van der Waals surface area contributed by atoms with E-state index >= 15 is 0 Å². The van der Waals surface area contributed by atoms with Crippen molar-refractivity contribution in [3.63, 3.8) is 0 Å². The normalized spacial score (nSPS) is 11.5. The SMILES string of the molecule is CC(C)(Oc1ccc2ccccc2c1)c1nnc(N)nc1N. The Morgan fingerprint density at radius 3 is 2.41 bits per heavy atom. The number of aromatic nitrogens is 3. The molecule has 0 amide bonds. The lowest BCUT2D eigenvalue weighted by atomic mass is 10.0. The first-order valence-corrected chi connectivity index (χ1v) is 6.90. The van der Waals surface area contributed by atoms with E-state index in [0.717, 1.165) is 16.5 Å². The highest BCUT2D eigenvalue weighted by atomic mass is 16.5. The molecule has 0 spiro atoms. The summed E-state index contributed by atoms with van der Waals surface area (Å²) in [6.45, 7) is 3.72. The van der Waals surface area contributed by atoms with E-state index in [0.29, 0.717) is 5.69 Å². The number of ether oxygens (including phenoxy) is 1. The third-order valence-corrected chi connectivity index (χ3v) is 3.39. The molecule has 0 saturated carbocycles. The first kappa shape index (κ1) is 14.1. The molecule has 0 bridgehead atoms. The number of benzene rings is 2. The molecule has 6 heteroatoms. The molecule has 6 nitrogen and oxygen atoms in total. The predicted molar refractivity (Wildman–Crippen MR) is 86.3 cm³/mol. The van der Waals surface area contributed by atoms with Crippen LogP contribution in [-0.4, -0.2) is 15.2 Å². The summed E-state index contributed by atoms with van der Waals surface area (Å²) in [6, 6.07) is 14.0. The molecule has 0 atom stereocenters. The molecule has 2 aromatic carbocycles. The number of fused-ring (bicyclic) bond motifs is 1. The van der Waals surface area contributed by atoms with Gasteiger partial charge in [0.1, 0.15) is 11.4 Å². The van der Waals surface area contributed by atoms with Gasteiger partial charge in [0, 0.05) is 0 Å². The molecule has 22 heavy (non-hydrogen) atoms. The molecule has 3 rings (SSSR count). The van der Waals surface area contributed by atoms with Crippen LogP contribution in [0.1, 0.15) is 19.5 Å². The molecule has 0 fully saturated rings. The second-order valence-corrected chi connectivity index (χ2v) is 5.53. The van der Waals surface area contributed by atoms with Gasteiger partial charge in [-0.3, -0.25) is 0 Å². The van der Waals surface area contributed by atoms with Crippen molar-refractivity contribution < 1.29 is 4.74 Å². The van der Waals surface area contributed by atoms with E-state index in [-0.39, 0.29) is 11.8 Å². The van der Waals surface area contributed by atoms with Gasteiger partial charge in [0.2, 0.25) is 5.95 Å². The number of nitrogens with zero attached hydrogens (tertiary/aromatic N) is 3. The number of rotatable bonds is 3. The van der Waals surface area contributed by atoms with Crippen LogP contribution < -0.4 is 16.2 Å². The molecule has 0 aliphatic carbocycles. The zero-order valence-corrected chi connectivity index (χ0v) is 12.4. The van der Waals surface area contributed by atoms with Gasteiger partial charge >= 0.3 is 0 Å². The minimum atomic E-state index is -0.778. The Kier molecular flexibility index (Phi) is 3.29. The van der Waals surface area contributed by atoms with Gasteiger partial charge in [-0.1, -0.05) is 30.3 Å². The van der Waals surface area contributed by atoms with Crippen LogP contribution in [0.3, 0.4) is 0 Å². The van der Waals surface area contributed by atoms with E-state index in [4.69, 9.17) is 16.2 Å². The number of anilines is 2. The van der Waals surface area contributed by atoms with Gasteiger partial charge in [-0.2, -0.15) is 4.98 Å². The lowest BCUT2D eigenvalue weighted by molar-refractivity contribution is 0.103. The highest BCUT2D eigenvalue weighted by molar-refractivity contribution is 5.83. The maximum Gasteiger partial charge on any atom is 0.242 e. The van der Waals surface area contributed by atoms with Crippen LogP contribution in [-0.2, 0) is 5.60 Å². The van der Waals surface area contributed by atoms with Crippen molar-refractivity contribution >= 4 is 22.5 Å². The van der Waals surface area contributed by atoms with Crippen molar-refractivity contribution in [2.75, 3.05) is 11.5 Å². The zero-order valence-electron chi connectivity index (χ0n) is 12.4. The lowest BCUT2D eigenvalue weighted by Crippen LogP contribution is -2.29. The van der Waals surface area contributed by atoms with Crippen LogP contribution in [0.2, 0.25) is 0 Å². The van der Waals surface area contributed by atoms with Crippen LogP contribution in [0.15, 0.2) is 42.5 Å². The Bertz CT molecular complexity index is 832. The molecule has 112 valence electrons. The fourth-order valence-electron chi connectivity index (χ4n) is 2.35. The van der Waals surface area contributed by atoms with Crippen molar-refractivity contribution in [3.05, 3.63) is 48.2 Å². The van der Waals surface area contributed by atoms with E-state index in [9.17, 15) is 0 Å². The van der Waals surface area contributed by atoms with Crippen molar-refractivity contribution in [2.45, 2.75) is 19.4 Å². The summed E-state index contributed by atoms with van der Waals surface area (Å²) < 4.78 is 6.05. The van der Waals surface area contributed by atoms with E-state index in [1.807, 2.05) is 50.2 Å². The second-order valence-electron chi connectivity index (χ2n) is 5.53. The molecular formula is C16H17N5O. The van der Waals surface area contributed by atoms with Crippen LogP contribution in [0.25, 0.3) is 10.8 Å².